The Morgan fingerprint density at radius 2 is 1.92 bits per heavy atom. The number of carboxylic acids is 1. The van der Waals surface area contributed by atoms with Gasteiger partial charge in [-0.2, -0.15) is 0 Å². The van der Waals surface area contributed by atoms with Crippen molar-refractivity contribution in [3.05, 3.63) is 0 Å². The molecule has 0 saturated heterocycles. The molecule has 3 heteroatoms. The molecule has 0 aromatic heterocycles. The van der Waals surface area contributed by atoms with Gasteiger partial charge >= 0.3 is 5.97 Å². The summed E-state index contributed by atoms with van der Waals surface area (Å²) >= 11 is 0. The molecule has 0 amide bonds. The summed E-state index contributed by atoms with van der Waals surface area (Å²) in [5.41, 5.74) is 4.85. The van der Waals surface area contributed by atoms with Crippen molar-refractivity contribution in [3.63, 3.8) is 0 Å². The van der Waals surface area contributed by atoms with Gasteiger partial charge in [0.1, 0.15) is 0 Å². The molecule has 0 aliphatic heterocycles. The van der Waals surface area contributed by atoms with Crippen molar-refractivity contribution in [1.82, 2.24) is 0 Å². The molecule has 0 rings (SSSR count). The van der Waals surface area contributed by atoms with Gasteiger partial charge in [0, 0.05) is 6.42 Å². The van der Waals surface area contributed by atoms with Gasteiger partial charge < -0.3 is 10.8 Å². The fourth-order valence-electron chi connectivity index (χ4n) is 0.662. The van der Waals surface area contributed by atoms with E-state index in [4.69, 9.17) is 10.8 Å². The van der Waals surface area contributed by atoms with Crippen LogP contribution >= 0.6 is 0 Å². The SMILES string of the molecule is CC(C)CCCC(=O)O.CCN. The van der Waals surface area contributed by atoms with Crippen molar-refractivity contribution in [2.45, 2.75) is 40.0 Å². The first-order chi connectivity index (χ1) is 5.54. The second kappa shape index (κ2) is 10.4. The summed E-state index contributed by atoms with van der Waals surface area (Å²) in [4.78, 5) is 9.98. The molecule has 12 heavy (non-hydrogen) atoms. The van der Waals surface area contributed by atoms with Crippen LogP contribution in [-0.2, 0) is 4.79 Å². The van der Waals surface area contributed by atoms with Gasteiger partial charge in [-0.25, -0.2) is 0 Å². The first-order valence-corrected chi connectivity index (χ1v) is 4.46. The van der Waals surface area contributed by atoms with E-state index in [0.29, 0.717) is 12.3 Å². The predicted molar refractivity (Wildman–Crippen MR) is 51.1 cm³/mol. The summed E-state index contributed by atoms with van der Waals surface area (Å²) in [6, 6.07) is 0. The molecule has 0 aliphatic carbocycles. The van der Waals surface area contributed by atoms with Crippen LogP contribution in [0.4, 0.5) is 0 Å². The van der Waals surface area contributed by atoms with Crippen LogP contribution in [-0.4, -0.2) is 17.6 Å². The monoisotopic (exact) mass is 175 g/mol. The highest BCUT2D eigenvalue weighted by atomic mass is 16.4. The standard InChI is InChI=1S/C7H14O2.C2H7N/c1-6(2)4-3-5-7(8)9;1-2-3/h6H,3-5H2,1-2H3,(H,8,9);2-3H2,1H3. The molecule has 0 saturated carbocycles. The van der Waals surface area contributed by atoms with E-state index in [2.05, 4.69) is 13.8 Å². The van der Waals surface area contributed by atoms with Crippen molar-refractivity contribution >= 4 is 5.97 Å². The zero-order chi connectivity index (χ0) is 9.98. The van der Waals surface area contributed by atoms with Gasteiger partial charge in [-0.1, -0.05) is 27.2 Å². The number of hydrogen-bond acceptors (Lipinski definition) is 2. The second-order valence-corrected chi connectivity index (χ2v) is 3.09. The van der Waals surface area contributed by atoms with Gasteiger partial charge in [0.25, 0.3) is 0 Å². The summed E-state index contributed by atoms with van der Waals surface area (Å²) in [5.74, 6) is -0.0556. The van der Waals surface area contributed by atoms with E-state index in [0.717, 1.165) is 19.4 Å². The van der Waals surface area contributed by atoms with Crippen LogP contribution in [0.2, 0.25) is 0 Å². The lowest BCUT2D eigenvalue weighted by atomic mass is 10.1. The fourth-order valence-corrected chi connectivity index (χ4v) is 0.662. The van der Waals surface area contributed by atoms with Crippen LogP contribution in [0.3, 0.4) is 0 Å². The van der Waals surface area contributed by atoms with Crippen LogP contribution in [0.25, 0.3) is 0 Å². The van der Waals surface area contributed by atoms with Crippen LogP contribution < -0.4 is 5.73 Å². The maximum Gasteiger partial charge on any atom is 0.303 e. The lowest BCUT2D eigenvalue weighted by Crippen LogP contribution is -1.95. The average molecular weight is 175 g/mol. The Kier molecular flexibility index (Phi) is 12.2. The molecule has 0 unspecified atom stereocenters. The molecule has 0 spiro atoms. The normalized spacial score (nSPS) is 9.08. The topological polar surface area (TPSA) is 63.3 Å². The van der Waals surface area contributed by atoms with Crippen molar-refractivity contribution in [2.24, 2.45) is 11.7 Å². The Morgan fingerprint density at radius 3 is 2.17 bits per heavy atom. The Morgan fingerprint density at radius 1 is 1.50 bits per heavy atom. The van der Waals surface area contributed by atoms with E-state index in [1.54, 1.807) is 0 Å². The quantitative estimate of drug-likeness (QED) is 0.685. The van der Waals surface area contributed by atoms with Crippen LogP contribution in [0, 0.1) is 5.92 Å². The summed E-state index contributed by atoms with van der Waals surface area (Å²) in [6.45, 7) is 6.85. The summed E-state index contributed by atoms with van der Waals surface area (Å²) < 4.78 is 0. The second-order valence-electron chi connectivity index (χ2n) is 3.09. The third-order valence-electron chi connectivity index (χ3n) is 1.17. The van der Waals surface area contributed by atoms with Gasteiger partial charge in [-0.3, -0.25) is 4.79 Å². The average Bonchev–Trinajstić information content (AvgIpc) is 1.87. The maximum atomic E-state index is 9.98. The molecule has 74 valence electrons. The van der Waals surface area contributed by atoms with E-state index < -0.39 is 5.97 Å². The van der Waals surface area contributed by atoms with Crippen molar-refractivity contribution in [1.29, 1.82) is 0 Å². The van der Waals surface area contributed by atoms with Crippen molar-refractivity contribution in [3.8, 4) is 0 Å². The first kappa shape index (κ1) is 14.0. The number of carboxylic acid groups (broad SMARTS) is 1. The highest BCUT2D eigenvalue weighted by molar-refractivity contribution is 5.66. The van der Waals surface area contributed by atoms with E-state index in [9.17, 15) is 4.79 Å². The summed E-state index contributed by atoms with van der Waals surface area (Å²) in [7, 11) is 0. The number of rotatable bonds is 4. The van der Waals surface area contributed by atoms with Gasteiger partial charge in [-0.15, -0.1) is 0 Å². The molecule has 0 aliphatic rings. The van der Waals surface area contributed by atoms with Gasteiger partial charge in [0.05, 0.1) is 0 Å². The van der Waals surface area contributed by atoms with Gasteiger partial charge in [-0.05, 0) is 18.9 Å². The molecular formula is C9H21NO2. The maximum absolute atomic E-state index is 9.98. The Bertz CT molecular complexity index is 103. The number of hydrogen-bond donors (Lipinski definition) is 2. The Balaban J connectivity index is 0. The van der Waals surface area contributed by atoms with Crippen LogP contribution in [0.5, 0.6) is 0 Å². The zero-order valence-electron chi connectivity index (χ0n) is 8.34. The van der Waals surface area contributed by atoms with E-state index in [-0.39, 0.29) is 0 Å². The van der Waals surface area contributed by atoms with E-state index in [1.807, 2.05) is 6.92 Å². The molecule has 0 fully saturated rings. The smallest absolute Gasteiger partial charge is 0.303 e. The van der Waals surface area contributed by atoms with Gasteiger partial charge in [0.15, 0.2) is 0 Å². The van der Waals surface area contributed by atoms with Crippen molar-refractivity contribution < 1.29 is 9.90 Å². The lowest BCUT2D eigenvalue weighted by Gasteiger charge is -1.99. The third kappa shape index (κ3) is 22.7. The molecule has 0 aromatic carbocycles. The highest BCUT2D eigenvalue weighted by Crippen LogP contribution is 2.05. The molecule has 0 atom stereocenters. The Labute approximate surface area is 75.0 Å². The molecule has 3 nitrogen and oxygen atoms in total. The minimum atomic E-state index is -0.685. The third-order valence-corrected chi connectivity index (χ3v) is 1.17. The van der Waals surface area contributed by atoms with E-state index >= 15 is 0 Å². The largest absolute Gasteiger partial charge is 0.481 e. The van der Waals surface area contributed by atoms with Crippen molar-refractivity contribution in [2.75, 3.05) is 6.54 Å². The number of aliphatic carboxylic acids is 1. The Hall–Kier alpha value is -0.570. The molecule has 3 N–H and O–H groups in total. The molecule has 0 aromatic rings. The molecule has 0 bridgehead atoms. The lowest BCUT2D eigenvalue weighted by molar-refractivity contribution is -0.137. The summed E-state index contributed by atoms with van der Waals surface area (Å²) in [6.07, 6.45) is 2.15. The van der Waals surface area contributed by atoms with Crippen LogP contribution in [0.1, 0.15) is 40.0 Å². The minimum absolute atomic E-state index is 0.318. The molecular weight excluding hydrogens is 154 g/mol. The zero-order valence-corrected chi connectivity index (χ0v) is 8.34. The minimum Gasteiger partial charge on any atom is -0.481 e. The predicted octanol–water partition coefficient (Wildman–Crippen LogP) is 1.86. The van der Waals surface area contributed by atoms with E-state index in [1.165, 1.54) is 0 Å². The van der Waals surface area contributed by atoms with Crippen LogP contribution in [0.15, 0.2) is 0 Å². The number of nitrogens with two attached hydrogens (primary N) is 1. The molecule has 0 radical (unpaired) electrons. The highest BCUT2D eigenvalue weighted by Gasteiger charge is 1.97. The summed E-state index contributed by atoms with van der Waals surface area (Å²) in [5, 5.41) is 8.23. The molecule has 0 heterocycles. The number of carbonyl (C=O) groups is 1. The fraction of sp³-hybridized carbons (Fsp3) is 0.889. The van der Waals surface area contributed by atoms with Gasteiger partial charge in [0.2, 0.25) is 0 Å². The first-order valence-electron chi connectivity index (χ1n) is 4.46.